The van der Waals surface area contributed by atoms with Crippen molar-refractivity contribution in [1.82, 2.24) is 14.6 Å². The topological polar surface area (TPSA) is 30.2 Å². The molecule has 0 aliphatic rings. The zero-order valence-corrected chi connectivity index (χ0v) is 11.3. The zero-order valence-electron chi connectivity index (χ0n) is 8.90. The van der Waals surface area contributed by atoms with Gasteiger partial charge in [-0.1, -0.05) is 17.7 Å². The summed E-state index contributed by atoms with van der Waals surface area (Å²) in [4.78, 5) is 4.13. The van der Waals surface area contributed by atoms with Crippen LogP contribution in [0.5, 0.6) is 0 Å². The third kappa shape index (κ3) is 2.17. The van der Waals surface area contributed by atoms with E-state index in [-0.39, 0.29) is 31.5 Å². The second-order valence-corrected chi connectivity index (χ2v) is 3.48. The quantitative estimate of drug-likeness (QED) is 0.564. The van der Waals surface area contributed by atoms with E-state index in [1.807, 2.05) is 0 Å². The molecular formula is C12H6F2IrN3-. The van der Waals surface area contributed by atoms with E-state index in [0.717, 1.165) is 12.1 Å². The summed E-state index contributed by atoms with van der Waals surface area (Å²) in [5.74, 6) is -1.20. The minimum absolute atomic E-state index is 0. The Labute approximate surface area is 115 Å². The summed E-state index contributed by atoms with van der Waals surface area (Å²) < 4.78 is 27.8. The van der Waals surface area contributed by atoms with E-state index in [1.54, 1.807) is 24.4 Å². The van der Waals surface area contributed by atoms with Crippen molar-refractivity contribution < 1.29 is 28.9 Å². The van der Waals surface area contributed by atoms with Crippen molar-refractivity contribution >= 4 is 5.65 Å². The first kappa shape index (κ1) is 12.8. The third-order valence-electron chi connectivity index (χ3n) is 2.32. The number of nitrogens with zero attached hydrogens (tertiary/aromatic N) is 3. The summed E-state index contributed by atoms with van der Waals surface area (Å²) in [5, 5.41) is 4.09. The third-order valence-corrected chi connectivity index (χ3v) is 2.32. The van der Waals surface area contributed by atoms with Crippen LogP contribution in [0.1, 0.15) is 0 Å². The van der Waals surface area contributed by atoms with Crippen LogP contribution in [0.4, 0.5) is 8.78 Å². The summed E-state index contributed by atoms with van der Waals surface area (Å²) in [6.07, 6.45) is 1.70. The van der Waals surface area contributed by atoms with Gasteiger partial charge in [0.1, 0.15) is 11.5 Å². The molecular weight excluding hydrogens is 416 g/mol. The maximum atomic E-state index is 13.5. The average Bonchev–Trinajstić information content (AvgIpc) is 2.72. The van der Waals surface area contributed by atoms with Crippen LogP contribution < -0.4 is 0 Å². The molecule has 2 aromatic heterocycles. The van der Waals surface area contributed by atoms with Gasteiger partial charge in [-0.2, -0.15) is 5.10 Å². The zero-order chi connectivity index (χ0) is 11.8. The molecule has 0 N–H and O–H groups in total. The van der Waals surface area contributed by atoms with Crippen molar-refractivity contribution in [3.05, 3.63) is 54.2 Å². The second-order valence-electron chi connectivity index (χ2n) is 3.48. The summed E-state index contributed by atoms with van der Waals surface area (Å²) in [5.41, 5.74) is 0.662. The second kappa shape index (κ2) is 4.92. The Morgan fingerprint density at radius 2 is 2.06 bits per heavy atom. The Bertz CT molecular complexity index is 664. The van der Waals surface area contributed by atoms with Gasteiger partial charge in [-0.3, -0.25) is 13.8 Å². The van der Waals surface area contributed by atoms with Crippen LogP contribution in [0.3, 0.4) is 0 Å². The van der Waals surface area contributed by atoms with E-state index < -0.39 is 11.6 Å². The van der Waals surface area contributed by atoms with E-state index >= 15 is 0 Å². The molecule has 0 saturated heterocycles. The molecule has 0 bridgehead atoms. The average molecular weight is 422 g/mol. The van der Waals surface area contributed by atoms with Gasteiger partial charge in [-0.15, -0.1) is 12.1 Å². The van der Waals surface area contributed by atoms with E-state index in [1.165, 1.54) is 4.52 Å². The van der Waals surface area contributed by atoms with E-state index in [9.17, 15) is 8.78 Å². The minimum Gasteiger partial charge on any atom is -0.265 e. The van der Waals surface area contributed by atoms with Gasteiger partial charge in [0.05, 0.1) is 0 Å². The normalized spacial score (nSPS) is 10.3. The molecule has 6 heteroatoms. The van der Waals surface area contributed by atoms with Gasteiger partial charge in [0.15, 0.2) is 0 Å². The maximum absolute atomic E-state index is 13.5. The van der Waals surface area contributed by atoms with Crippen LogP contribution in [-0.4, -0.2) is 14.6 Å². The molecule has 0 amide bonds. The fraction of sp³-hybridized carbons (Fsp3) is 0. The summed E-state index contributed by atoms with van der Waals surface area (Å²) in [7, 11) is 0. The number of pyridine rings is 1. The molecule has 0 aliphatic carbocycles. The van der Waals surface area contributed by atoms with Gasteiger partial charge in [-0.25, -0.2) is 4.52 Å². The first-order chi connectivity index (χ1) is 8.24. The summed E-state index contributed by atoms with van der Waals surface area (Å²) >= 11 is 0. The molecule has 1 aromatic carbocycles. The van der Waals surface area contributed by atoms with E-state index in [2.05, 4.69) is 16.1 Å². The van der Waals surface area contributed by atoms with Gasteiger partial charge in [0, 0.05) is 37.9 Å². The Kier molecular flexibility index (Phi) is 3.50. The predicted molar refractivity (Wildman–Crippen MR) is 57.2 cm³/mol. The Morgan fingerprint density at radius 1 is 1.22 bits per heavy atom. The van der Waals surface area contributed by atoms with Crippen molar-refractivity contribution in [2.45, 2.75) is 0 Å². The number of fused-ring (bicyclic) bond motifs is 1. The number of rotatable bonds is 1. The van der Waals surface area contributed by atoms with Crippen molar-refractivity contribution in [2.75, 3.05) is 0 Å². The molecule has 0 unspecified atom stereocenters. The fourth-order valence-corrected chi connectivity index (χ4v) is 1.55. The van der Waals surface area contributed by atoms with Crippen molar-refractivity contribution in [3.8, 4) is 11.4 Å². The summed E-state index contributed by atoms with van der Waals surface area (Å²) in [6, 6.07) is 9.68. The van der Waals surface area contributed by atoms with Gasteiger partial charge in [-0.05, 0) is 12.1 Å². The Morgan fingerprint density at radius 3 is 2.78 bits per heavy atom. The standard InChI is InChI=1S/C12H6F2N3.Ir/c13-8-4-5-9(10(14)7-8)12-15-11-3-1-2-6-17(11)16-12;/h1-4,6-7H;/q-1;. The van der Waals surface area contributed by atoms with E-state index in [0.29, 0.717) is 5.65 Å². The molecule has 0 atom stereocenters. The van der Waals surface area contributed by atoms with Gasteiger partial charge in [0.2, 0.25) is 0 Å². The molecule has 3 aromatic rings. The first-order valence-corrected chi connectivity index (χ1v) is 4.92. The summed E-state index contributed by atoms with van der Waals surface area (Å²) in [6.45, 7) is 0. The fourth-order valence-electron chi connectivity index (χ4n) is 1.55. The molecule has 3 rings (SSSR count). The van der Waals surface area contributed by atoms with Crippen LogP contribution in [-0.2, 0) is 20.1 Å². The molecule has 2 heterocycles. The molecule has 93 valence electrons. The number of halogens is 2. The molecule has 0 aliphatic heterocycles. The maximum Gasteiger partial charge on any atom is 0.145 e. The van der Waals surface area contributed by atoms with Crippen molar-refractivity contribution in [2.24, 2.45) is 0 Å². The molecule has 0 spiro atoms. The van der Waals surface area contributed by atoms with Crippen molar-refractivity contribution in [1.29, 1.82) is 0 Å². The Hall–Kier alpha value is -1.65. The van der Waals surface area contributed by atoms with Gasteiger partial charge >= 0.3 is 0 Å². The smallest absolute Gasteiger partial charge is 0.145 e. The predicted octanol–water partition coefficient (Wildman–Crippen LogP) is 2.47. The monoisotopic (exact) mass is 423 g/mol. The number of benzene rings is 1. The molecule has 0 saturated carbocycles. The van der Waals surface area contributed by atoms with Gasteiger partial charge < -0.3 is 0 Å². The van der Waals surface area contributed by atoms with Crippen molar-refractivity contribution in [3.63, 3.8) is 0 Å². The number of aromatic nitrogens is 3. The van der Waals surface area contributed by atoms with Crippen LogP contribution in [0.25, 0.3) is 17.0 Å². The molecule has 3 nitrogen and oxygen atoms in total. The SMILES string of the molecule is Fc1c[c-]c(-c2nc3ccccn3n2)c(F)c1.[Ir]. The van der Waals surface area contributed by atoms with E-state index in [4.69, 9.17) is 0 Å². The largest absolute Gasteiger partial charge is 0.265 e. The van der Waals surface area contributed by atoms with Crippen LogP contribution in [0.15, 0.2) is 36.5 Å². The molecule has 1 radical (unpaired) electrons. The first-order valence-electron chi connectivity index (χ1n) is 4.92. The number of hydrogen-bond donors (Lipinski definition) is 0. The van der Waals surface area contributed by atoms with Gasteiger partial charge in [0.25, 0.3) is 0 Å². The minimum atomic E-state index is -0.721. The van der Waals surface area contributed by atoms with Crippen LogP contribution >= 0.6 is 0 Å². The molecule has 0 fully saturated rings. The molecule has 18 heavy (non-hydrogen) atoms. The van der Waals surface area contributed by atoms with Crippen LogP contribution in [0.2, 0.25) is 0 Å². The Balaban J connectivity index is 0.00000120. The number of hydrogen-bond acceptors (Lipinski definition) is 2. The van der Waals surface area contributed by atoms with Crippen LogP contribution in [0, 0.1) is 17.7 Å².